The number of amides is 1. The maximum Gasteiger partial charge on any atom is 0.573 e. The minimum atomic E-state index is -4.75. The quantitative estimate of drug-likeness (QED) is 0.779. The first-order valence-electron chi connectivity index (χ1n) is 7.71. The number of halogens is 3. The summed E-state index contributed by atoms with van der Waals surface area (Å²) in [6.07, 6.45) is -4.72. The molecular formula is C15H19F3N2O4S. The van der Waals surface area contributed by atoms with E-state index in [1.807, 2.05) is 0 Å². The average Bonchev–Trinajstić information content (AvgIpc) is 2.55. The summed E-state index contributed by atoms with van der Waals surface area (Å²) in [6.45, 7) is 2.67. The summed E-state index contributed by atoms with van der Waals surface area (Å²) in [5.41, 5.74) is 0.558. The molecule has 0 spiro atoms. The SMILES string of the molecule is CCS(=O)(=O)N1CCN(C(=O)Cc2ccc(OC(F)(F)F)cc2)CC1. The van der Waals surface area contributed by atoms with Gasteiger partial charge in [-0.3, -0.25) is 4.79 Å². The molecule has 0 saturated carbocycles. The lowest BCUT2D eigenvalue weighted by Gasteiger charge is -2.33. The number of alkyl halides is 3. The molecule has 0 N–H and O–H groups in total. The van der Waals surface area contributed by atoms with Crippen LogP contribution in [0.5, 0.6) is 5.75 Å². The molecule has 6 nitrogen and oxygen atoms in total. The predicted molar refractivity (Wildman–Crippen MR) is 84.4 cm³/mol. The Bertz CT molecular complexity index is 696. The van der Waals surface area contributed by atoms with Crippen LogP contribution in [0, 0.1) is 0 Å². The van der Waals surface area contributed by atoms with Gasteiger partial charge in [0.15, 0.2) is 0 Å². The molecule has 0 atom stereocenters. The normalized spacial score (nSPS) is 16.7. The van der Waals surface area contributed by atoms with Crippen molar-refractivity contribution in [2.24, 2.45) is 0 Å². The zero-order valence-corrected chi connectivity index (χ0v) is 14.4. The molecule has 0 bridgehead atoms. The number of carbonyl (C=O) groups is 1. The van der Waals surface area contributed by atoms with Crippen LogP contribution in [-0.2, 0) is 21.2 Å². The highest BCUT2D eigenvalue weighted by atomic mass is 32.2. The summed E-state index contributed by atoms with van der Waals surface area (Å²) in [5.74, 6) is -0.520. The molecule has 2 rings (SSSR count). The third kappa shape index (κ3) is 5.60. The van der Waals surface area contributed by atoms with Crippen molar-refractivity contribution in [3.8, 4) is 5.75 Å². The second-order valence-electron chi connectivity index (χ2n) is 5.55. The standard InChI is InChI=1S/C15H19F3N2O4S/c1-2-25(22,23)20-9-7-19(8-10-20)14(21)11-12-3-5-13(6-4-12)24-15(16,17)18/h3-6H,2,7-11H2,1H3. The molecule has 25 heavy (non-hydrogen) atoms. The number of sulfonamides is 1. The minimum Gasteiger partial charge on any atom is -0.406 e. The maximum absolute atomic E-state index is 12.3. The van der Waals surface area contributed by atoms with Crippen LogP contribution in [0.15, 0.2) is 24.3 Å². The van der Waals surface area contributed by atoms with Gasteiger partial charge in [0.1, 0.15) is 5.75 Å². The van der Waals surface area contributed by atoms with Crippen molar-refractivity contribution in [3.63, 3.8) is 0 Å². The summed E-state index contributed by atoms with van der Waals surface area (Å²) in [5, 5.41) is 0. The zero-order valence-electron chi connectivity index (χ0n) is 13.6. The first kappa shape index (κ1) is 19.5. The molecule has 1 aromatic carbocycles. The topological polar surface area (TPSA) is 66.9 Å². The summed E-state index contributed by atoms with van der Waals surface area (Å²) in [6, 6.07) is 5.11. The van der Waals surface area contributed by atoms with Crippen LogP contribution in [0.2, 0.25) is 0 Å². The molecule has 1 saturated heterocycles. The maximum atomic E-state index is 12.3. The molecule has 1 aliphatic heterocycles. The third-order valence-electron chi connectivity index (χ3n) is 3.86. The van der Waals surface area contributed by atoms with Gasteiger partial charge in [-0.25, -0.2) is 8.42 Å². The van der Waals surface area contributed by atoms with Crippen molar-refractivity contribution in [2.75, 3.05) is 31.9 Å². The Morgan fingerprint density at radius 3 is 2.16 bits per heavy atom. The third-order valence-corrected chi connectivity index (χ3v) is 5.74. The van der Waals surface area contributed by atoms with Gasteiger partial charge in [0, 0.05) is 26.2 Å². The lowest BCUT2D eigenvalue weighted by molar-refractivity contribution is -0.274. The van der Waals surface area contributed by atoms with Gasteiger partial charge in [-0.1, -0.05) is 12.1 Å². The summed E-state index contributed by atoms with van der Waals surface area (Å²) >= 11 is 0. The van der Waals surface area contributed by atoms with Crippen LogP contribution in [0.1, 0.15) is 12.5 Å². The predicted octanol–water partition coefficient (Wildman–Crippen LogP) is 1.62. The van der Waals surface area contributed by atoms with Crippen molar-refractivity contribution >= 4 is 15.9 Å². The second kappa shape index (κ2) is 7.61. The first-order valence-corrected chi connectivity index (χ1v) is 9.32. The summed E-state index contributed by atoms with van der Waals surface area (Å²) < 4.78 is 65.0. The molecule has 0 aromatic heterocycles. The number of nitrogens with zero attached hydrogens (tertiary/aromatic N) is 2. The van der Waals surface area contributed by atoms with Crippen molar-refractivity contribution in [1.29, 1.82) is 0 Å². The smallest absolute Gasteiger partial charge is 0.406 e. The van der Waals surface area contributed by atoms with E-state index in [1.165, 1.54) is 16.4 Å². The van der Waals surface area contributed by atoms with Gasteiger partial charge in [0.2, 0.25) is 15.9 Å². The van der Waals surface area contributed by atoms with Gasteiger partial charge in [0.25, 0.3) is 0 Å². The number of rotatable bonds is 5. The molecular weight excluding hydrogens is 361 g/mol. The molecule has 140 valence electrons. The molecule has 1 aliphatic rings. The van der Waals surface area contributed by atoms with Crippen LogP contribution >= 0.6 is 0 Å². The van der Waals surface area contributed by atoms with Gasteiger partial charge in [-0.2, -0.15) is 4.31 Å². The van der Waals surface area contributed by atoms with Crippen molar-refractivity contribution < 1.29 is 31.1 Å². The molecule has 10 heteroatoms. The van der Waals surface area contributed by atoms with Crippen LogP contribution in [-0.4, -0.2) is 61.8 Å². The Hall–Kier alpha value is -1.81. The van der Waals surface area contributed by atoms with Gasteiger partial charge >= 0.3 is 6.36 Å². The van der Waals surface area contributed by atoms with E-state index in [9.17, 15) is 26.4 Å². The summed E-state index contributed by atoms with van der Waals surface area (Å²) in [7, 11) is -3.26. The number of hydrogen-bond acceptors (Lipinski definition) is 4. The Morgan fingerprint density at radius 1 is 1.12 bits per heavy atom. The summed E-state index contributed by atoms with van der Waals surface area (Å²) in [4.78, 5) is 13.8. The Kier molecular flexibility index (Phi) is 5.94. The highest BCUT2D eigenvalue weighted by Gasteiger charge is 2.31. The molecule has 1 fully saturated rings. The number of piperazine rings is 1. The van der Waals surface area contributed by atoms with Gasteiger partial charge in [0.05, 0.1) is 12.2 Å². The monoisotopic (exact) mass is 380 g/mol. The van der Waals surface area contributed by atoms with Gasteiger partial charge in [-0.05, 0) is 24.6 Å². The fraction of sp³-hybridized carbons (Fsp3) is 0.533. The lowest BCUT2D eigenvalue weighted by atomic mass is 10.1. The van der Waals surface area contributed by atoms with Crippen molar-refractivity contribution in [2.45, 2.75) is 19.7 Å². The molecule has 0 aliphatic carbocycles. The Balaban J connectivity index is 1.89. The van der Waals surface area contributed by atoms with Crippen LogP contribution < -0.4 is 4.74 Å². The van der Waals surface area contributed by atoms with E-state index in [-0.39, 0.29) is 36.9 Å². The number of carbonyl (C=O) groups excluding carboxylic acids is 1. The lowest BCUT2D eigenvalue weighted by Crippen LogP contribution is -2.51. The van der Waals surface area contributed by atoms with Crippen molar-refractivity contribution in [1.82, 2.24) is 9.21 Å². The van der Waals surface area contributed by atoms with E-state index in [2.05, 4.69) is 4.74 Å². The molecule has 0 radical (unpaired) electrons. The number of ether oxygens (including phenoxy) is 1. The minimum absolute atomic E-state index is 0.0211. The van der Waals surface area contributed by atoms with E-state index in [1.54, 1.807) is 11.8 Å². The fourth-order valence-corrected chi connectivity index (χ4v) is 3.58. The van der Waals surface area contributed by atoms with Crippen LogP contribution in [0.4, 0.5) is 13.2 Å². The van der Waals surface area contributed by atoms with Gasteiger partial charge < -0.3 is 9.64 Å². The first-order chi connectivity index (χ1) is 11.6. The van der Waals surface area contributed by atoms with Crippen LogP contribution in [0.3, 0.4) is 0 Å². The molecule has 1 heterocycles. The van der Waals surface area contributed by atoms with E-state index >= 15 is 0 Å². The largest absolute Gasteiger partial charge is 0.573 e. The Labute approximate surface area is 144 Å². The Morgan fingerprint density at radius 2 is 1.68 bits per heavy atom. The second-order valence-corrected chi connectivity index (χ2v) is 7.81. The van der Waals surface area contributed by atoms with E-state index in [4.69, 9.17) is 0 Å². The molecule has 1 amide bonds. The number of benzene rings is 1. The van der Waals surface area contributed by atoms with E-state index in [0.717, 1.165) is 12.1 Å². The molecule has 1 aromatic rings. The fourth-order valence-electron chi connectivity index (χ4n) is 2.49. The average molecular weight is 380 g/mol. The van der Waals surface area contributed by atoms with Crippen LogP contribution in [0.25, 0.3) is 0 Å². The van der Waals surface area contributed by atoms with E-state index < -0.39 is 16.4 Å². The van der Waals surface area contributed by atoms with Crippen molar-refractivity contribution in [3.05, 3.63) is 29.8 Å². The van der Waals surface area contributed by atoms with E-state index in [0.29, 0.717) is 18.7 Å². The highest BCUT2D eigenvalue weighted by Crippen LogP contribution is 2.23. The number of hydrogen-bond donors (Lipinski definition) is 0. The highest BCUT2D eigenvalue weighted by molar-refractivity contribution is 7.89. The molecule has 0 unspecified atom stereocenters. The zero-order chi connectivity index (χ0) is 18.7. The van der Waals surface area contributed by atoms with Gasteiger partial charge in [-0.15, -0.1) is 13.2 Å².